The molecule has 0 bridgehead atoms. The summed E-state index contributed by atoms with van der Waals surface area (Å²) >= 11 is 0. The van der Waals surface area contributed by atoms with Crippen molar-refractivity contribution in [3.8, 4) is 0 Å². The van der Waals surface area contributed by atoms with E-state index in [4.69, 9.17) is 5.26 Å². The molecule has 2 nitrogen and oxygen atoms in total. The van der Waals surface area contributed by atoms with Crippen molar-refractivity contribution >= 4 is 29.6 Å². The van der Waals surface area contributed by atoms with E-state index >= 15 is 0 Å². The van der Waals surface area contributed by atoms with Crippen molar-refractivity contribution in [3.05, 3.63) is 0 Å². The zero-order chi connectivity index (χ0) is 2.71. The third-order valence-electron chi connectivity index (χ3n) is 0. The maximum atomic E-state index is 7.07. The van der Waals surface area contributed by atoms with Crippen LogP contribution in [0.4, 0.5) is 0 Å². The van der Waals surface area contributed by atoms with Gasteiger partial charge in [0, 0.05) is 0 Å². The van der Waals surface area contributed by atoms with Crippen molar-refractivity contribution in [1.29, 1.82) is 0 Å². The summed E-state index contributed by atoms with van der Waals surface area (Å²) in [5.74, 6) is 0. The monoisotopic (exact) mass is 72.0 g/mol. The van der Waals surface area contributed by atoms with Gasteiger partial charge in [-0.3, -0.25) is 5.26 Å². The fourth-order valence-corrected chi connectivity index (χ4v) is 0. The molecule has 0 amide bonds. The molecule has 0 spiro atoms. The van der Waals surface area contributed by atoms with Gasteiger partial charge in [0.15, 0.2) is 0 Å². The van der Waals surface area contributed by atoms with Crippen molar-refractivity contribution in [1.82, 2.24) is 0 Å². The molecule has 0 radical (unpaired) electrons. The molecule has 0 saturated carbocycles. The van der Waals surface area contributed by atoms with Crippen LogP contribution in [-0.2, 0) is 4.89 Å². The average molecular weight is 72.0 g/mol. The van der Waals surface area contributed by atoms with Crippen molar-refractivity contribution in [2.24, 2.45) is 0 Å². The molecular formula is CH5NaO2. The van der Waals surface area contributed by atoms with Gasteiger partial charge in [-0.25, -0.2) is 4.89 Å². The van der Waals surface area contributed by atoms with Crippen LogP contribution in [0.2, 0.25) is 0 Å². The summed E-state index contributed by atoms with van der Waals surface area (Å²) < 4.78 is 0. The van der Waals surface area contributed by atoms with E-state index in [9.17, 15) is 0 Å². The molecule has 0 unspecified atom stereocenters. The summed E-state index contributed by atoms with van der Waals surface area (Å²) in [6, 6.07) is 0. The molecule has 0 rings (SSSR count). The van der Waals surface area contributed by atoms with Gasteiger partial charge in [0.2, 0.25) is 0 Å². The normalized spacial score (nSPS) is 4.50. The van der Waals surface area contributed by atoms with Crippen LogP contribution < -0.4 is 0 Å². The Bertz CT molecular complexity index is 6.00. The summed E-state index contributed by atoms with van der Waals surface area (Å²) in [6.45, 7) is 0. The second-order valence-electron chi connectivity index (χ2n) is 0.183. The number of hydrogen-bond acceptors (Lipinski definition) is 2. The fraction of sp³-hybridized carbons (Fsp3) is 1.00. The molecule has 0 aliphatic rings. The third-order valence-corrected chi connectivity index (χ3v) is 0. The second kappa shape index (κ2) is 9.07. The first-order valence-corrected chi connectivity index (χ1v) is 0.591. The van der Waals surface area contributed by atoms with Gasteiger partial charge in [0.25, 0.3) is 0 Å². The van der Waals surface area contributed by atoms with Gasteiger partial charge in [-0.2, -0.15) is 0 Å². The standard InChI is InChI=1S/CH4O2.Na.H/c1-3-2;;/h2H,1H3;;. The summed E-state index contributed by atoms with van der Waals surface area (Å²) in [7, 11) is 1.18. The number of rotatable bonds is 0. The van der Waals surface area contributed by atoms with E-state index in [1.54, 1.807) is 0 Å². The van der Waals surface area contributed by atoms with Crippen molar-refractivity contribution in [3.63, 3.8) is 0 Å². The third kappa shape index (κ3) is 12.7. The molecular weight excluding hydrogens is 67.0 g/mol. The molecule has 0 aromatic rings. The Balaban J connectivity index is 0. The molecule has 22 valence electrons. The first-order chi connectivity index (χ1) is 1.41. The summed E-state index contributed by atoms with van der Waals surface area (Å²) in [5.41, 5.74) is 0. The van der Waals surface area contributed by atoms with E-state index in [2.05, 4.69) is 4.89 Å². The molecule has 0 saturated heterocycles. The molecule has 0 aromatic carbocycles. The van der Waals surface area contributed by atoms with Gasteiger partial charge in [-0.05, 0) is 0 Å². The molecule has 1 N–H and O–H groups in total. The second-order valence-corrected chi connectivity index (χ2v) is 0.183. The van der Waals surface area contributed by atoms with Crippen LogP contribution in [0, 0.1) is 0 Å². The molecule has 3 heteroatoms. The van der Waals surface area contributed by atoms with Gasteiger partial charge < -0.3 is 0 Å². The fourth-order valence-electron chi connectivity index (χ4n) is 0. The Morgan fingerprint density at radius 2 is 1.75 bits per heavy atom. The van der Waals surface area contributed by atoms with Crippen LogP contribution in [-0.4, -0.2) is 41.9 Å². The minimum atomic E-state index is 0. The van der Waals surface area contributed by atoms with E-state index in [1.165, 1.54) is 7.11 Å². The zero-order valence-corrected chi connectivity index (χ0v) is 1.86. The van der Waals surface area contributed by atoms with Gasteiger partial charge in [-0.1, -0.05) is 0 Å². The molecule has 0 fully saturated rings. The Kier molecular flexibility index (Phi) is 20.1. The molecule has 0 aliphatic heterocycles. The van der Waals surface area contributed by atoms with Crippen molar-refractivity contribution in [2.45, 2.75) is 0 Å². The molecule has 0 aliphatic carbocycles. The van der Waals surface area contributed by atoms with E-state index < -0.39 is 0 Å². The molecule has 0 atom stereocenters. The van der Waals surface area contributed by atoms with E-state index in [0.717, 1.165) is 0 Å². The Morgan fingerprint density at radius 3 is 1.75 bits per heavy atom. The van der Waals surface area contributed by atoms with Gasteiger partial charge >= 0.3 is 29.6 Å². The molecule has 0 aromatic heterocycles. The van der Waals surface area contributed by atoms with Gasteiger partial charge in [0.1, 0.15) is 0 Å². The van der Waals surface area contributed by atoms with Gasteiger partial charge in [0.05, 0.1) is 7.11 Å². The zero-order valence-electron chi connectivity index (χ0n) is 1.86. The first-order valence-electron chi connectivity index (χ1n) is 0.591. The molecule has 0 heterocycles. The van der Waals surface area contributed by atoms with Crippen LogP contribution in [0.15, 0.2) is 0 Å². The number of hydrogen-bond donors (Lipinski definition) is 1. The topological polar surface area (TPSA) is 29.5 Å². The van der Waals surface area contributed by atoms with Crippen molar-refractivity contribution < 1.29 is 10.1 Å². The van der Waals surface area contributed by atoms with Crippen LogP contribution in [0.3, 0.4) is 0 Å². The maximum absolute atomic E-state index is 7.07. The summed E-state index contributed by atoms with van der Waals surface area (Å²) in [6.07, 6.45) is 0. The van der Waals surface area contributed by atoms with Crippen LogP contribution >= 0.6 is 0 Å². The Hall–Kier alpha value is 0.920. The van der Waals surface area contributed by atoms with Crippen LogP contribution in [0.25, 0.3) is 0 Å². The first kappa shape index (κ1) is 8.87. The predicted molar refractivity (Wildman–Crippen MR) is 16.8 cm³/mol. The summed E-state index contributed by atoms with van der Waals surface area (Å²) in [5, 5.41) is 7.07. The van der Waals surface area contributed by atoms with E-state index in [-0.39, 0.29) is 29.6 Å². The van der Waals surface area contributed by atoms with Crippen LogP contribution in [0.5, 0.6) is 0 Å². The summed E-state index contributed by atoms with van der Waals surface area (Å²) in [4.78, 5) is 3.25. The van der Waals surface area contributed by atoms with Crippen LogP contribution in [0.1, 0.15) is 0 Å². The van der Waals surface area contributed by atoms with Crippen molar-refractivity contribution in [2.75, 3.05) is 7.11 Å². The predicted octanol–water partition coefficient (Wildman–Crippen LogP) is -0.543. The van der Waals surface area contributed by atoms with Gasteiger partial charge in [-0.15, -0.1) is 0 Å². The van der Waals surface area contributed by atoms with E-state index in [1.807, 2.05) is 0 Å². The average Bonchev–Trinajstić information content (AvgIpc) is 0.918. The SMILES string of the molecule is COO.[NaH]. The molecule has 4 heavy (non-hydrogen) atoms. The quantitative estimate of drug-likeness (QED) is 0.236. The van der Waals surface area contributed by atoms with E-state index in [0.29, 0.717) is 0 Å². The Morgan fingerprint density at radius 1 is 1.75 bits per heavy atom. The minimum absolute atomic E-state index is 0. The Labute approximate surface area is 47.0 Å².